The Morgan fingerprint density at radius 2 is 1.78 bits per heavy atom. The van der Waals surface area contributed by atoms with Crippen molar-refractivity contribution in [2.45, 2.75) is 73.5 Å². The number of nitrogens with one attached hydrogen (secondary N) is 1. The number of rotatable bonds is 9. The first-order valence-electron chi connectivity index (χ1n) is 16.3. The van der Waals surface area contributed by atoms with E-state index in [2.05, 4.69) is 0 Å². The van der Waals surface area contributed by atoms with Gasteiger partial charge in [-0.05, 0) is 19.1 Å². The number of ketones is 3. The highest BCUT2D eigenvalue weighted by molar-refractivity contribution is 7.89. The number of benzene rings is 3. The van der Waals surface area contributed by atoms with E-state index in [4.69, 9.17) is 14.2 Å². The number of sulfonamides is 1. The van der Waals surface area contributed by atoms with Gasteiger partial charge in [0.25, 0.3) is 5.69 Å². The molecule has 3 aromatic rings. The molecule has 3 aliphatic rings. The highest BCUT2D eigenvalue weighted by atomic mass is 32.2. The number of aliphatic hydroxyl groups excluding tert-OH is 2. The molecule has 1 aliphatic heterocycles. The molecule has 6 unspecified atom stereocenters. The predicted molar refractivity (Wildman–Crippen MR) is 176 cm³/mol. The molecule has 55 heavy (non-hydrogen) atoms. The number of phenolic OH excluding ortho intramolecular Hbond substituents is 2. The molecule has 3 aromatic carbocycles. The number of nitro groups is 1. The quantitative estimate of drug-likeness (QED) is 0.0803. The van der Waals surface area contributed by atoms with E-state index in [9.17, 15) is 71.6 Å². The van der Waals surface area contributed by atoms with Gasteiger partial charge in [-0.3, -0.25) is 24.5 Å². The number of phenols is 2. The van der Waals surface area contributed by atoms with Gasteiger partial charge in [-0.15, -0.1) is 0 Å². The van der Waals surface area contributed by atoms with Crippen LogP contribution in [0.25, 0.3) is 0 Å². The van der Waals surface area contributed by atoms with Crippen molar-refractivity contribution in [3.63, 3.8) is 0 Å². The number of hydrogen-bond donors (Lipinski definition) is 6. The third-order valence-corrected chi connectivity index (χ3v) is 11.4. The minimum Gasteiger partial charge on any atom is -0.507 e. The Morgan fingerprint density at radius 1 is 1.11 bits per heavy atom. The lowest BCUT2D eigenvalue weighted by molar-refractivity contribution is -0.385. The zero-order valence-corrected chi connectivity index (χ0v) is 29.3. The maximum absolute atomic E-state index is 13.9. The van der Waals surface area contributed by atoms with Gasteiger partial charge in [0.2, 0.25) is 15.8 Å². The standard InChI is InChI=1S/C34H31F3N2O15S/c1-13-28(42)18(38-55(50,51)21-7-6-14(39(48)49)8-17(21)34(35,36)37)9-23(53-13)54-20-11-33(47,22(41)12-40)10-16-25(20)32(46)27-26(30(16)44)29(43)15-4-3-5-19(52-2)24(15)31(27)45/h3-8,13,18,20,23,28,38,40,42,44,46-47H,9-12H2,1-2H3. The Kier molecular flexibility index (Phi) is 10.0. The molecule has 6 atom stereocenters. The lowest BCUT2D eigenvalue weighted by atomic mass is 9.72. The molecule has 0 bridgehead atoms. The molecule has 0 aromatic heterocycles. The molecule has 21 heteroatoms. The minimum atomic E-state index is -5.37. The van der Waals surface area contributed by atoms with Crippen molar-refractivity contribution in [3.05, 3.63) is 85.5 Å². The van der Waals surface area contributed by atoms with Gasteiger partial charge in [0.05, 0.1) is 63.5 Å². The SMILES string of the molecule is COc1cccc2c1C(=O)c1c(O)c3c(c(O)c1C2=O)CC(O)(C(=O)CO)CC3OC1CC(NS(=O)(=O)c2ccc([N+](=O)[O-])cc2C(F)(F)F)C(O)C(C)O1. The summed E-state index contributed by atoms with van der Waals surface area (Å²) in [5.74, 6) is -4.90. The number of nitrogens with zero attached hydrogens (tertiary/aromatic N) is 1. The van der Waals surface area contributed by atoms with Crippen LogP contribution in [0.15, 0.2) is 41.3 Å². The van der Waals surface area contributed by atoms with Crippen LogP contribution in [0.2, 0.25) is 0 Å². The van der Waals surface area contributed by atoms with Crippen LogP contribution in [-0.2, 0) is 36.9 Å². The number of halogens is 3. The Labute approximate surface area is 308 Å². The van der Waals surface area contributed by atoms with Gasteiger partial charge in [-0.25, -0.2) is 13.1 Å². The van der Waals surface area contributed by atoms with Gasteiger partial charge in [0.15, 0.2) is 17.9 Å². The number of alkyl halides is 3. The van der Waals surface area contributed by atoms with Crippen molar-refractivity contribution in [2.24, 2.45) is 0 Å². The number of aromatic hydroxyl groups is 2. The smallest absolute Gasteiger partial charge is 0.417 e. The number of non-ortho nitro benzene ring substituents is 1. The zero-order chi connectivity index (χ0) is 40.5. The van der Waals surface area contributed by atoms with E-state index in [1.165, 1.54) is 32.2 Å². The van der Waals surface area contributed by atoms with E-state index in [1.54, 1.807) is 0 Å². The first kappa shape index (κ1) is 39.7. The monoisotopic (exact) mass is 796 g/mol. The van der Waals surface area contributed by atoms with Crippen molar-refractivity contribution in [2.75, 3.05) is 13.7 Å². The van der Waals surface area contributed by atoms with Gasteiger partial charge >= 0.3 is 6.18 Å². The van der Waals surface area contributed by atoms with Crippen LogP contribution in [0.4, 0.5) is 18.9 Å². The number of nitro benzene ring substituents is 1. The van der Waals surface area contributed by atoms with Crippen LogP contribution in [0.3, 0.4) is 0 Å². The maximum atomic E-state index is 13.9. The van der Waals surface area contributed by atoms with Crippen LogP contribution in [0, 0.1) is 10.1 Å². The van der Waals surface area contributed by atoms with Crippen LogP contribution >= 0.6 is 0 Å². The molecule has 6 rings (SSSR count). The Hall–Kier alpha value is -5.03. The molecular weight excluding hydrogens is 765 g/mol. The molecule has 1 heterocycles. The van der Waals surface area contributed by atoms with E-state index in [0.717, 1.165) is 0 Å². The van der Waals surface area contributed by atoms with E-state index in [1.807, 2.05) is 4.72 Å². The van der Waals surface area contributed by atoms with Crippen molar-refractivity contribution in [1.29, 1.82) is 0 Å². The van der Waals surface area contributed by atoms with Crippen molar-refractivity contribution < 1.29 is 80.6 Å². The van der Waals surface area contributed by atoms with Gasteiger partial charge < -0.3 is 39.7 Å². The molecule has 1 saturated heterocycles. The zero-order valence-electron chi connectivity index (χ0n) is 28.5. The van der Waals surface area contributed by atoms with E-state index in [-0.39, 0.29) is 22.9 Å². The summed E-state index contributed by atoms with van der Waals surface area (Å²) in [6, 6.07) is 3.34. The van der Waals surface area contributed by atoms with Crippen LogP contribution < -0.4 is 9.46 Å². The number of aliphatic hydroxyl groups is 3. The molecule has 0 spiro atoms. The number of methoxy groups -OCH3 is 1. The fraction of sp³-hybridized carbons (Fsp3) is 0.382. The first-order valence-corrected chi connectivity index (χ1v) is 17.7. The summed E-state index contributed by atoms with van der Waals surface area (Å²) >= 11 is 0. The molecule has 294 valence electrons. The van der Waals surface area contributed by atoms with Crippen molar-refractivity contribution >= 4 is 33.1 Å². The third kappa shape index (κ3) is 6.70. The van der Waals surface area contributed by atoms with E-state index in [0.29, 0.717) is 12.1 Å². The fourth-order valence-corrected chi connectivity index (χ4v) is 8.65. The molecule has 6 N–H and O–H groups in total. The Morgan fingerprint density at radius 3 is 2.40 bits per heavy atom. The van der Waals surface area contributed by atoms with Crippen LogP contribution in [-0.4, -0.2) is 100 Å². The largest absolute Gasteiger partial charge is 0.507 e. The van der Waals surface area contributed by atoms with Gasteiger partial charge in [-0.1, -0.05) is 12.1 Å². The van der Waals surface area contributed by atoms with E-state index >= 15 is 0 Å². The van der Waals surface area contributed by atoms with Gasteiger partial charge in [-0.2, -0.15) is 13.2 Å². The molecule has 0 amide bonds. The average Bonchev–Trinajstić information content (AvgIpc) is 3.12. The number of ether oxygens (including phenoxy) is 3. The first-order chi connectivity index (χ1) is 25.6. The fourth-order valence-electron chi connectivity index (χ4n) is 7.18. The van der Waals surface area contributed by atoms with Gasteiger partial charge in [0.1, 0.15) is 29.5 Å². The lowest BCUT2D eigenvalue weighted by Crippen LogP contribution is -2.55. The Bertz CT molecular complexity index is 2260. The summed E-state index contributed by atoms with van der Waals surface area (Å²) in [5, 5.41) is 66.3. The van der Waals surface area contributed by atoms with Crippen LogP contribution in [0.5, 0.6) is 17.2 Å². The second-order valence-electron chi connectivity index (χ2n) is 13.2. The summed E-state index contributed by atoms with van der Waals surface area (Å²) in [6.45, 7) is 0.0279. The normalized spacial score (nSPS) is 25.1. The highest BCUT2D eigenvalue weighted by Crippen LogP contribution is 2.52. The van der Waals surface area contributed by atoms with Crippen molar-refractivity contribution in [1.82, 2.24) is 4.72 Å². The number of fused-ring (bicyclic) bond motifs is 3. The van der Waals surface area contributed by atoms with Crippen molar-refractivity contribution in [3.8, 4) is 17.2 Å². The molecular formula is C34H31F3N2O15S. The molecule has 2 aliphatic carbocycles. The number of carbonyl (C=O) groups excluding carboxylic acids is 3. The van der Waals surface area contributed by atoms with Crippen LogP contribution in [0.1, 0.15) is 74.4 Å². The summed E-state index contributed by atoms with van der Waals surface area (Å²) < 4.78 is 87.3. The maximum Gasteiger partial charge on any atom is 0.417 e. The topological polar surface area (TPSA) is 269 Å². The number of hydrogen-bond acceptors (Lipinski definition) is 15. The lowest BCUT2D eigenvalue weighted by Gasteiger charge is -2.42. The Balaban J connectivity index is 1.40. The summed E-state index contributed by atoms with van der Waals surface area (Å²) in [5.41, 5.74) is -8.03. The highest BCUT2D eigenvalue weighted by Gasteiger charge is 2.51. The summed E-state index contributed by atoms with van der Waals surface area (Å²) in [7, 11) is -3.98. The number of Topliss-reactive ketones (excluding diaryl/α,β-unsaturated/α-hetero) is 1. The molecule has 0 radical (unpaired) electrons. The molecule has 17 nitrogen and oxygen atoms in total. The minimum absolute atomic E-state index is 0.0342. The second kappa shape index (κ2) is 13.9. The summed E-state index contributed by atoms with van der Waals surface area (Å²) in [4.78, 5) is 49.0. The number of carbonyl (C=O) groups is 3. The summed E-state index contributed by atoms with van der Waals surface area (Å²) in [6.07, 6.45) is -14.1. The average molecular weight is 797 g/mol. The third-order valence-electron chi connectivity index (χ3n) is 9.84. The van der Waals surface area contributed by atoms with E-state index < -0.39 is 150 Å². The molecule has 1 fully saturated rings. The predicted octanol–water partition coefficient (Wildman–Crippen LogP) is 1.95. The second-order valence-corrected chi connectivity index (χ2v) is 14.8. The molecule has 0 saturated carbocycles. The van der Waals surface area contributed by atoms with Gasteiger partial charge in [0, 0.05) is 48.1 Å².